The molecule has 4 rings (SSSR count). The van der Waals surface area contributed by atoms with E-state index < -0.39 is 15.8 Å². The summed E-state index contributed by atoms with van der Waals surface area (Å²) in [7, 11) is -4.80. The largest absolute Gasteiger partial charge is 0.602 e. The zero-order valence-electron chi connectivity index (χ0n) is 25.2. The molecule has 0 fully saturated rings. The first-order valence-corrected chi connectivity index (χ1v) is 18.4. The van der Waals surface area contributed by atoms with Crippen molar-refractivity contribution in [2.45, 2.75) is 34.6 Å². The first kappa shape index (κ1) is 33.5. The fourth-order valence-electron chi connectivity index (χ4n) is 3.79. The molecule has 0 saturated heterocycles. The van der Waals surface area contributed by atoms with Crippen molar-refractivity contribution in [2.75, 3.05) is 33.0 Å². The van der Waals surface area contributed by atoms with Gasteiger partial charge < -0.3 is 32.7 Å². The van der Waals surface area contributed by atoms with Gasteiger partial charge in [-0.2, -0.15) is 4.52 Å². The molecule has 16 heteroatoms. The molecular formula is C28H35N4O8P4+. The number of para-hydroxylation sites is 2. The van der Waals surface area contributed by atoms with Gasteiger partial charge in [-0.25, -0.2) is 4.52 Å². The highest BCUT2D eigenvalue weighted by Gasteiger charge is 2.41. The molecule has 1 aliphatic heterocycles. The molecule has 0 bridgehead atoms. The highest BCUT2D eigenvalue weighted by molar-refractivity contribution is 7.67. The highest BCUT2D eigenvalue weighted by atomic mass is 31.2. The van der Waals surface area contributed by atoms with Crippen LogP contribution in [0.1, 0.15) is 34.6 Å². The SMILES string of the molecule is CCOc1c(OCC)c(OCC)c(OP2(Oc3ccccc3)=NP=NP=N[P+](Oc3ccccc3)=N2)c(OCC)c1OCC. The van der Waals surface area contributed by atoms with Crippen LogP contribution in [0.5, 0.6) is 46.0 Å². The predicted octanol–water partition coefficient (Wildman–Crippen LogP) is 10.8. The van der Waals surface area contributed by atoms with Crippen LogP contribution in [-0.4, -0.2) is 33.0 Å². The van der Waals surface area contributed by atoms with Crippen molar-refractivity contribution in [3.8, 4) is 46.0 Å². The standard InChI is InChI=1S/C28H35N4O8P4/c1-6-33-23-24(34-7-2)26(36-9-4)28(27(37-10-5)25(23)35-8-3)40-44(39-22-19-15-12-16-20-22)31-42-29-41-30-43(32-44)38-21-17-13-11-14-18-21/h11-20H,6-10H2,1-5H3/q+1. The van der Waals surface area contributed by atoms with Gasteiger partial charge >= 0.3 is 15.8 Å². The van der Waals surface area contributed by atoms with E-state index in [9.17, 15) is 0 Å². The first-order valence-electron chi connectivity index (χ1n) is 14.1. The van der Waals surface area contributed by atoms with Crippen molar-refractivity contribution < 1.29 is 37.3 Å². The van der Waals surface area contributed by atoms with Gasteiger partial charge in [0.25, 0.3) is 0 Å². The molecule has 3 aromatic rings. The Hall–Kier alpha value is -3.41. The number of nitrogens with zero attached hydrogens (tertiary/aromatic N) is 4. The van der Waals surface area contributed by atoms with Crippen LogP contribution in [0.2, 0.25) is 0 Å². The molecule has 0 spiro atoms. The van der Waals surface area contributed by atoms with Gasteiger partial charge in [-0.1, -0.05) is 36.4 Å². The Kier molecular flexibility index (Phi) is 13.1. The van der Waals surface area contributed by atoms with E-state index in [-0.39, 0.29) is 30.5 Å². The summed E-state index contributed by atoms with van der Waals surface area (Å²) in [5.74, 6) is 2.63. The van der Waals surface area contributed by atoms with E-state index in [0.29, 0.717) is 65.6 Å². The minimum Gasteiger partial charge on any atom is -0.487 e. The molecule has 0 aliphatic carbocycles. The minimum atomic E-state index is -3.67. The molecule has 1 heterocycles. The number of hydrogen-bond acceptors (Lipinski definition) is 12. The molecule has 3 aromatic carbocycles. The predicted molar refractivity (Wildman–Crippen MR) is 174 cm³/mol. The lowest BCUT2D eigenvalue weighted by atomic mass is 10.2. The lowest BCUT2D eigenvalue weighted by molar-refractivity contribution is 0.224. The van der Waals surface area contributed by atoms with E-state index in [0.717, 1.165) is 0 Å². The molecule has 234 valence electrons. The van der Waals surface area contributed by atoms with Gasteiger partial charge in [-0.05, 0) is 58.9 Å². The summed E-state index contributed by atoms with van der Waals surface area (Å²) in [5, 5.41) is 0. The Morgan fingerprint density at radius 1 is 0.568 bits per heavy atom. The van der Waals surface area contributed by atoms with Gasteiger partial charge in [0.05, 0.1) is 37.5 Å². The monoisotopic (exact) mass is 679 g/mol. The average molecular weight is 680 g/mol. The normalized spacial score (nSPS) is 17.2. The van der Waals surface area contributed by atoms with Crippen molar-refractivity contribution in [1.29, 1.82) is 0 Å². The molecule has 0 saturated carbocycles. The quantitative estimate of drug-likeness (QED) is 0.137. The molecule has 0 amide bonds. The lowest BCUT2D eigenvalue weighted by Gasteiger charge is -2.26. The van der Waals surface area contributed by atoms with E-state index in [1.54, 1.807) is 12.1 Å². The summed E-state index contributed by atoms with van der Waals surface area (Å²) in [4.78, 5) is 0. The van der Waals surface area contributed by atoms with Crippen molar-refractivity contribution in [1.82, 2.24) is 0 Å². The molecule has 2 unspecified atom stereocenters. The summed E-state index contributed by atoms with van der Waals surface area (Å²) in [6, 6.07) is 18.4. The molecule has 12 nitrogen and oxygen atoms in total. The van der Waals surface area contributed by atoms with Gasteiger partial charge in [0.1, 0.15) is 5.75 Å². The van der Waals surface area contributed by atoms with Crippen LogP contribution in [0, 0.1) is 0 Å². The van der Waals surface area contributed by atoms with Crippen LogP contribution < -0.4 is 37.3 Å². The summed E-state index contributed by atoms with van der Waals surface area (Å²) in [6.45, 7) is 10.9. The van der Waals surface area contributed by atoms with E-state index in [1.165, 1.54) is 0 Å². The number of hydrogen-bond donors (Lipinski definition) is 0. The van der Waals surface area contributed by atoms with E-state index in [2.05, 4.69) is 9.03 Å². The second-order valence-corrected chi connectivity index (χ2v) is 13.6. The number of rotatable bonds is 16. The van der Waals surface area contributed by atoms with E-state index in [4.69, 9.17) is 46.3 Å². The van der Waals surface area contributed by atoms with Crippen LogP contribution in [0.4, 0.5) is 0 Å². The minimum absolute atomic E-state index is 0.142. The topological polar surface area (TPSA) is 123 Å². The van der Waals surface area contributed by atoms with Gasteiger partial charge in [0, 0.05) is 4.52 Å². The number of benzene rings is 3. The third-order valence-electron chi connectivity index (χ3n) is 5.33. The highest BCUT2D eigenvalue weighted by Crippen LogP contribution is 2.67. The maximum atomic E-state index is 6.82. The fraction of sp³-hybridized carbons (Fsp3) is 0.357. The lowest BCUT2D eigenvalue weighted by Crippen LogP contribution is -2.10. The Morgan fingerprint density at radius 2 is 1.02 bits per heavy atom. The van der Waals surface area contributed by atoms with Crippen molar-refractivity contribution >= 4 is 32.8 Å². The Balaban J connectivity index is 2.01. The van der Waals surface area contributed by atoms with Gasteiger partial charge in [-0.3, -0.25) is 0 Å². The van der Waals surface area contributed by atoms with Crippen LogP contribution in [0.15, 0.2) is 78.7 Å². The van der Waals surface area contributed by atoms with Crippen molar-refractivity contribution in [3.05, 3.63) is 60.7 Å². The average Bonchev–Trinajstić information content (AvgIpc) is 3.02. The Labute approximate surface area is 262 Å². The zero-order valence-corrected chi connectivity index (χ0v) is 28.7. The second kappa shape index (κ2) is 17.2. The van der Waals surface area contributed by atoms with Crippen molar-refractivity contribution in [2.24, 2.45) is 18.1 Å². The smallest absolute Gasteiger partial charge is 0.487 e. The maximum Gasteiger partial charge on any atom is 0.602 e. The molecule has 44 heavy (non-hydrogen) atoms. The van der Waals surface area contributed by atoms with Crippen LogP contribution in [0.25, 0.3) is 0 Å². The fourth-order valence-corrected chi connectivity index (χ4v) is 9.27. The van der Waals surface area contributed by atoms with E-state index >= 15 is 0 Å². The first-order chi connectivity index (χ1) is 21.6. The third-order valence-corrected chi connectivity index (χ3v) is 10.9. The molecule has 0 aromatic heterocycles. The molecule has 0 N–H and O–H groups in total. The van der Waals surface area contributed by atoms with Gasteiger partial charge in [-0.15, -0.1) is 4.52 Å². The summed E-state index contributed by atoms with van der Waals surface area (Å²) in [6.07, 6.45) is 0. The maximum absolute atomic E-state index is 6.82. The third kappa shape index (κ3) is 8.61. The zero-order chi connectivity index (χ0) is 31.2. The molecule has 1 aliphatic rings. The second-order valence-electron chi connectivity index (χ2n) is 8.32. The van der Waals surface area contributed by atoms with Gasteiger partial charge in [0.2, 0.25) is 43.0 Å². The van der Waals surface area contributed by atoms with Crippen molar-refractivity contribution in [3.63, 3.8) is 0 Å². The number of ether oxygens (including phenoxy) is 5. The van der Waals surface area contributed by atoms with E-state index in [1.807, 2.05) is 83.1 Å². The molecule has 0 radical (unpaired) electrons. The van der Waals surface area contributed by atoms with Gasteiger partial charge in [0.15, 0.2) is 14.3 Å². The summed E-state index contributed by atoms with van der Waals surface area (Å²) >= 11 is 0. The summed E-state index contributed by atoms with van der Waals surface area (Å²) < 4.78 is 68.8. The Bertz CT molecular complexity index is 1490. The van der Waals surface area contributed by atoms with Crippen LogP contribution in [-0.2, 0) is 0 Å². The molecule has 2 atom stereocenters. The van der Waals surface area contributed by atoms with Crippen LogP contribution in [0.3, 0.4) is 0 Å². The Morgan fingerprint density at radius 3 is 1.50 bits per heavy atom. The van der Waals surface area contributed by atoms with Crippen LogP contribution >= 0.6 is 32.8 Å². The molecular weight excluding hydrogens is 644 g/mol. The summed E-state index contributed by atoms with van der Waals surface area (Å²) in [5.41, 5.74) is 0.